The van der Waals surface area contributed by atoms with E-state index in [2.05, 4.69) is 41.2 Å². The third-order valence-corrected chi connectivity index (χ3v) is 7.42. The molecule has 0 N–H and O–H groups in total. The van der Waals surface area contributed by atoms with Crippen molar-refractivity contribution in [2.24, 2.45) is 0 Å². The third kappa shape index (κ3) is 4.68. The van der Waals surface area contributed by atoms with Crippen LogP contribution in [0.2, 0.25) is 0 Å². The van der Waals surface area contributed by atoms with Gasteiger partial charge < -0.3 is 4.90 Å². The molecule has 7 nitrogen and oxygen atoms in total. The minimum atomic E-state index is -0.448. The minimum absolute atomic E-state index is 0.000152. The average Bonchev–Trinajstić information content (AvgIpc) is 3.30. The number of carbonyl (C=O) groups excluding carboxylic acids is 2. The fraction of sp³-hybridized carbons (Fsp3) is 0.250. The van der Waals surface area contributed by atoms with Gasteiger partial charge in [-0.15, -0.1) is 10.2 Å². The van der Waals surface area contributed by atoms with Crippen LogP contribution in [0.15, 0.2) is 72.1 Å². The van der Waals surface area contributed by atoms with Crippen LogP contribution in [-0.4, -0.2) is 48.1 Å². The van der Waals surface area contributed by atoms with Gasteiger partial charge in [-0.1, -0.05) is 53.7 Å². The van der Waals surface area contributed by atoms with Gasteiger partial charge in [-0.05, 0) is 55.7 Å². The van der Waals surface area contributed by atoms with Crippen molar-refractivity contribution in [3.8, 4) is 17.1 Å². The van der Waals surface area contributed by atoms with Crippen LogP contribution in [0.1, 0.15) is 29.2 Å². The molecule has 2 aromatic carbocycles. The molecule has 0 spiro atoms. The summed E-state index contributed by atoms with van der Waals surface area (Å²) in [5, 5.41) is 9.53. The SMILES string of the molecule is CC(=O)C1Cc2ccccc2CN1C(=O)CSc1nnc(-c2cccnc2)n1-c1ccc(C)cc1C. The molecule has 1 amide bonds. The van der Waals surface area contributed by atoms with Gasteiger partial charge in [0.1, 0.15) is 0 Å². The summed E-state index contributed by atoms with van der Waals surface area (Å²) in [6, 6.07) is 17.6. The molecule has 3 heterocycles. The predicted octanol–water partition coefficient (Wildman–Crippen LogP) is 4.58. The van der Waals surface area contributed by atoms with Crippen LogP contribution in [0.25, 0.3) is 17.1 Å². The highest BCUT2D eigenvalue weighted by Gasteiger charge is 2.32. The lowest BCUT2D eigenvalue weighted by Crippen LogP contribution is -2.48. The quantitative estimate of drug-likeness (QED) is 0.363. The second-order valence-corrected chi connectivity index (χ2v) is 10.0. The molecule has 0 radical (unpaired) electrons. The smallest absolute Gasteiger partial charge is 0.233 e. The maximum Gasteiger partial charge on any atom is 0.233 e. The van der Waals surface area contributed by atoms with Crippen LogP contribution in [0, 0.1) is 13.8 Å². The Morgan fingerprint density at radius 3 is 2.56 bits per heavy atom. The molecule has 5 rings (SSSR count). The third-order valence-electron chi connectivity index (χ3n) is 6.51. The number of Topliss-reactive ketones (excluding diaryl/α,β-unsaturated/α-hetero) is 1. The van der Waals surface area contributed by atoms with Gasteiger partial charge >= 0.3 is 0 Å². The van der Waals surface area contributed by atoms with E-state index >= 15 is 0 Å². The lowest BCUT2D eigenvalue weighted by molar-refractivity contribution is -0.138. The molecule has 0 saturated heterocycles. The highest BCUT2D eigenvalue weighted by atomic mass is 32.2. The van der Waals surface area contributed by atoms with E-state index in [1.54, 1.807) is 24.2 Å². The molecule has 0 saturated carbocycles. The average molecular weight is 498 g/mol. The summed E-state index contributed by atoms with van der Waals surface area (Å²) in [6.07, 6.45) is 4.02. The molecule has 0 aliphatic carbocycles. The number of pyridine rings is 1. The number of ketones is 1. The largest absolute Gasteiger partial charge is 0.327 e. The van der Waals surface area contributed by atoms with E-state index in [0.717, 1.165) is 33.5 Å². The number of benzene rings is 2. The van der Waals surface area contributed by atoms with Gasteiger partial charge in [0.05, 0.1) is 17.5 Å². The summed E-state index contributed by atoms with van der Waals surface area (Å²) < 4.78 is 1.98. The summed E-state index contributed by atoms with van der Waals surface area (Å²) in [5.74, 6) is 0.730. The highest BCUT2D eigenvalue weighted by Crippen LogP contribution is 2.31. The maximum absolute atomic E-state index is 13.4. The second kappa shape index (κ2) is 10.1. The molecule has 0 bridgehead atoms. The molecular formula is C28H27N5O2S. The number of hydrogen-bond acceptors (Lipinski definition) is 6. The van der Waals surface area contributed by atoms with Gasteiger partial charge in [0.25, 0.3) is 0 Å². The molecule has 0 fully saturated rings. The Kier molecular flexibility index (Phi) is 6.69. The van der Waals surface area contributed by atoms with Gasteiger partial charge in [0, 0.05) is 30.9 Å². The Morgan fingerprint density at radius 1 is 1.03 bits per heavy atom. The van der Waals surface area contributed by atoms with Crippen molar-refractivity contribution in [1.29, 1.82) is 0 Å². The number of thioether (sulfide) groups is 1. The number of aryl methyl sites for hydroxylation is 2. The summed E-state index contributed by atoms with van der Waals surface area (Å²) in [5.41, 5.74) is 6.26. The van der Waals surface area contributed by atoms with E-state index in [0.29, 0.717) is 23.9 Å². The van der Waals surface area contributed by atoms with Crippen LogP contribution in [0.5, 0.6) is 0 Å². The van der Waals surface area contributed by atoms with E-state index < -0.39 is 6.04 Å². The van der Waals surface area contributed by atoms with Crippen LogP contribution in [-0.2, 0) is 22.6 Å². The number of nitrogens with zero attached hydrogens (tertiary/aromatic N) is 5. The summed E-state index contributed by atoms with van der Waals surface area (Å²) in [6.45, 7) is 6.10. The van der Waals surface area contributed by atoms with Gasteiger partial charge in [-0.25, -0.2) is 0 Å². The summed E-state index contributed by atoms with van der Waals surface area (Å²) in [7, 11) is 0. The number of fused-ring (bicyclic) bond motifs is 1. The zero-order chi connectivity index (χ0) is 25.2. The monoisotopic (exact) mass is 497 g/mol. The van der Waals surface area contributed by atoms with E-state index in [4.69, 9.17) is 0 Å². The Bertz CT molecular complexity index is 1430. The number of aromatic nitrogens is 4. The molecule has 8 heteroatoms. The Hall–Kier alpha value is -3.78. The van der Waals surface area contributed by atoms with Crippen molar-refractivity contribution in [3.05, 3.63) is 89.2 Å². The van der Waals surface area contributed by atoms with Crippen LogP contribution in [0.3, 0.4) is 0 Å². The standard InChI is InChI=1S/C28H27N5O2S/c1-18-10-11-24(19(2)13-18)33-27(22-9-6-12-29-15-22)30-31-28(33)36-17-26(35)32-16-23-8-5-4-7-21(23)14-25(32)20(3)34/h4-13,15,25H,14,16-17H2,1-3H3. The van der Waals surface area contributed by atoms with Crippen molar-refractivity contribution in [1.82, 2.24) is 24.6 Å². The zero-order valence-electron chi connectivity index (χ0n) is 20.5. The first-order chi connectivity index (χ1) is 17.4. The summed E-state index contributed by atoms with van der Waals surface area (Å²) in [4.78, 5) is 31.8. The fourth-order valence-corrected chi connectivity index (χ4v) is 5.51. The molecule has 1 atom stereocenters. The Balaban J connectivity index is 1.45. The van der Waals surface area contributed by atoms with Crippen molar-refractivity contribution in [3.63, 3.8) is 0 Å². The normalized spacial score (nSPS) is 15.0. The van der Waals surface area contributed by atoms with E-state index in [1.807, 2.05) is 47.0 Å². The van der Waals surface area contributed by atoms with Crippen molar-refractivity contribution >= 4 is 23.5 Å². The number of amides is 1. The highest BCUT2D eigenvalue weighted by molar-refractivity contribution is 7.99. The molecule has 1 aliphatic rings. The van der Waals surface area contributed by atoms with Crippen molar-refractivity contribution in [2.45, 2.75) is 44.9 Å². The lowest BCUT2D eigenvalue weighted by Gasteiger charge is -2.35. The number of hydrogen-bond donors (Lipinski definition) is 0. The fourth-order valence-electron chi connectivity index (χ4n) is 4.68. The minimum Gasteiger partial charge on any atom is -0.327 e. The van der Waals surface area contributed by atoms with E-state index in [1.165, 1.54) is 11.8 Å². The Morgan fingerprint density at radius 2 is 1.83 bits per heavy atom. The number of rotatable bonds is 6. The number of carbonyl (C=O) groups is 2. The first-order valence-electron chi connectivity index (χ1n) is 11.9. The van der Waals surface area contributed by atoms with Crippen LogP contribution < -0.4 is 0 Å². The van der Waals surface area contributed by atoms with Crippen molar-refractivity contribution in [2.75, 3.05) is 5.75 Å². The van der Waals surface area contributed by atoms with Gasteiger partial charge in [0.15, 0.2) is 16.8 Å². The maximum atomic E-state index is 13.4. The molecule has 1 unspecified atom stereocenters. The summed E-state index contributed by atoms with van der Waals surface area (Å²) >= 11 is 1.33. The predicted molar refractivity (Wildman–Crippen MR) is 140 cm³/mol. The Labute approximate surface area is 214 Å². The van der Waals surface area contributed by atoms with Gasteiger partial charge in [-0.2, -0.15) is 0 Å². The lowest BCUT2D eigenvalue weighted by atomic mass is 9.92. The first-order valence-corrected chi connectivity index (χ1v) is 12.8. The van der Waals surface area contributed by atoms with E-state index in [-0.39, 0.29) is 17.4 Å². The molecule has 2 aromatic heterocycles. The van der Waals surface area contributed by atoms with Gasteiger partial charge in [-0.3, -0.25) is 19.1 Å². The van der Waals surface area contributed by atoms with Crippen LogP contribution >= 0.6 is 11.8 Å². The molecule has 182 valence electrons. The van der Waals surface area contributed by atoms with Crippen molar-refractivity contribution < 1.29 is 9.59 Å². The molecule has 36 heavy (non-hydrogen) atoms. The topological polar surface area (TPSA) is 81.0 Å². The van der Waals surface area contributed by atoms with E-state index in [9.17, 15) is 9.59 Å². The zero-order valence-corrected chi connectivity index (χ0v) is 21.3. The molecule has 4 aromatic rings. The molecule has 1 aliphatic heterocycles. The van der Waals surface area contributed by atoms with Crippen LogP contribution in [0.4, 0.5) is 0 Å². The molecular weight excluding hydrogens is 470 g/mol. The second-order valence-electron chi connectivity index (χ2n) is 9.08. The van der Waals surface area contributed by atoms with Gasteiger partial charge in [0.2, 0.25) is 5.91 Å². The first kappa shape index (κ1) is 23.9.